The first-order chi connectivity index (χ1) is 7.12. The highest BCUT2D eigenvalue weighted by Gasteiger charge is 2.14. The van der Waals surface area contributed by atoms with Gasteiger partial charge in [0.25, 0.3) is 0 Å². The van der Waals surface area contributed by atoms with E-state index in [9.17, 15) is 13.2 Å². The van der Waals surface area contributed by atoms with Crippen LogP contribution in [0.25, 0.3) is 0 Å². The van der Waals surface area contributed by atoms with Gasteiger partial charge in [0.1, 0.15) is 0 Å². The van der Waals surface area contributed by atoms with E-state index in [0.29, 0.717) is 0 Å². The zero-order chi connectivity index (χ0) is 14.5. The molecule has 0 radical (unpaired) electrons. The summed E-state index contributed by atoms with van der Waals surface area (Å²) in [7, 11) is -3.03. The summed E-state index contributed by atoms with van der Waals surface area (Å²) in [5.74, 6) is 0.0255. The summed E-state index contributed by atoms with van der Waals surface area (Å²) in [6.07, 6.45) is 1.15. The molecule has 0 rings (SSSR count). The molecule has 0 aromatic rings. The van der Waals surface area contributed by atoms with Crippen molar-refractivity contribution >= 4 is 15.9 Å². The predicted molar refractivity (Wildman–Crippen MR) is 78.0 cm³/mol. The average molecular weight is 282 g/mol. The second kappa shape index (κ2) is 7.74. The lowest BCUT2D eigenvalue weighted by molar-refractivity contribution is -0.120. The van der Waals surface area contributed by atoms with Gasteiger partial charge < -0.3 is 5.32 Å². The fourth-order valence-corrected chi connectivity index (χ4v) is 2.20. The smallest absolute Gasteiger partial charge is 0.217 e. The number of carbonyl (C=O) groups excluding carboxylic acids is 1. The molecule has 18 heavy (non-hydrogen) atoms. The SMILES string of the molecule is C.CC(=O)NC(C)(C)C.CC(C)(C)NS(C)(=O)=O. The Balaban J connectivity index is -0.000000238. The lowest BCUT2D eigenvalue weighted by Crippen LogP contribution is -2.39. The van der Waals surface area contributed by atoms with E-state index >= 15 is 0 Å². The molecule has 0 aliphatic carbocycles. The number of hydrogen-bond acceptors (Lipinski definition) is 3. The third-order valence-electron chi connectivity index (χ3n) is 1.04. The van der Waals surface area contributed by atoms with E-state index in [0.717, 1.165) is 6.26 Å². The Bertz CT molecular complexity index is 335. The normalized spacial score (nSPS) is 11.8. The number of hydrogen-bond donors (Lipinski definition) is 2. The Kier molecular flexibility index (Phi) is 9.69. The van der Waals surface area contributed by atoms with Crippen LogP contribution in [0, 0.1) is 0 Å². The zero-order valence-corrected chi connectivity index (χ0v) is 12.9. The number of rotatable bonds is 1. The maximum absolute atomic E-state index is 10.5. The largest absolute Gasteiger partial charge is 0.352 e. The first kappa shape index (κ1) is 22.6. The summed E-state index contributed by atoms with van der Waals surface area (Å²) < 4.78 is 23.5. The van der Waals surface area contributed by atoms with Crippen LogP contribution in [0.2, 0.25) is 0 Å². The third-order valence-corrected chi connectivity index (χ3v) is 2.03. The van der Waals surface area contributed by atoms with Crippen LogP contribution < -0.4 is 10.0 Å². The first-order valence-electron chi connectivity index (χ1n) is 5.40. The lowest BCUT2D eigenvalue weighted by atomic mass is 10.1. The maximum Gasteiger partial charge on any atom is 0.217 e. The predicted octanol–water partition coefficient (Wildman–Crippen LogP) is 1.89. The van der Waals surface area contributed by atoms with Crippen LogP contribution in [0.3, 0.4) is 0 Å². The summed E-state index contributed by atoms with van der Waals surface area (Å²) in [6, 6.07) is 0. The highest BCUT2D eigenvalue weighted by Crippen LogP contribution is 1.99. The summed E-state index contributed by atoms with van der Waals surface area (Å²) in [6.45, 7) is 12.8. The van der Waals surface area contributed by atoms with E-state index in [1.807, 2.05) is 20.8 Å². The summed E-state index contributed by atoms with van der Waals surface area (Å²) in [5.41, 5.74) is -0.431. The van der Waals surface area contributed by atoms with E-state index < -0.39 is 10.0 Å². The highest BCUT2D eigenvalue weighted by atomic mass is 32.2. The molecule has 112 valence electrons. The Morgan fingerprint density at radius 2 is 1.28 bits per heavy atom. The van der Waals surface area contributed by atoms with Gasteiger partial charge in [0.05, 0.1) is 6.26 Å². The molecule has 0 bridgehead atoms. The standard InChI is InChI=1S/C6H13NO.C5H13NO2S.CH4/c1-5(8)7-6(2,3)4;1-5(2,3)6-9(4,7)8;/h1-4H3,(H,7,8);6H,1-4H3;1H4. The quantitative estimate of drug-likeness (QED) is 0.771. The van der Waals surface area contributed by atoms with Crippen LogP contribution in [-0.4, -0.2) is 31.7 Å². The third kappa shape index (κ3) is 29.5. The van der Waals surface area contributed by atoms with Crippen molar-refractivity contribution in [2.45, 2.75) is 67.0 Å². The second-order valence-electron chi connectivity index (χ2n) is 6.06. The minimum absolute atomic E-state index is 0. The molecule has 0 unspecified atom stereocenters. The van der Waals surface area contributed by atoms with Gasteiger partial charge in [-0.2, -0.15) is 0 Å². The number of carbonyl (C=O) groups is 1. The van der Waals surface area contributed by atoms with E-state index in [2.05, 4.69) is 10.0 Å². The molecule has 0 saturated carbocycles. The van der Waals surface area contributed by atoms with Crippen molar-refractivity contribution in [1.82, 2.24) is 10.0 Å². The maximum atomic E-state index is 10.5. The van der Waals surface area contributed by atoms with Gasteiger partial charge in [0.15, 0.2) is 0 Å². The van der Waals surface area contributed by atoms with Crippen LogP contribution in [-0.2, 0) is 14.8 Å². The summed E-state index contributed by atoms with van der Waals surface area (Å²) in [4.78, 5) is 10.3. The van der Waals surface area contributed by atoms with Crippen molar-refractivity contribution in [3.8, 4) is 0 Å². The fraction of sp³-hybridized carbons (Fsp3) is 0.917. The van der Waals surface area contributed by atoms with Crippen molar-refractivity contribution < 1.29 is 13.2 Å². The molecule has 0 aromatic carbocycles. The number of amides is 1. The number of sulfonamides is 1. The molecule has 0 spiro atoms. The molecule has 0 aliphatic heterocycles. The zero-order valence-electron chi connectivity index (χ0n) is 12.1. The lowest BCUT2D eigenvalue weighted by Gasteiger charge is -2.18. The Labute approximate surface area is 113 Å². The fourth-order valence-electron chi connectivity index (χ4n) is 1.08. The molecular weight excluding hydrogens is 252 g/mol. The molecule has 0 aromatic heterocycles. The van der Waals surface area contributed by atoms with Crippen molar-refractivity contribution in [3.05, 3.63) is 0 Å². The van der Waals surface area contributed by atoms with Crippen molar-refractivity contribution in [2.24, 2.45) is 0 Å². The minimum Gasteiger partial charge on any atom is -0.352 e. The van der Waals surface area contributed by atoms with Gasteiger partial charge in [0.2, 0.25) is 15.9 Å². The molecule has 0 fully saturated rings. The summed E-state index contributed by atoms with van der Waals surface area (Å²) in [5, 5.41) is 2.74. The van der Waals surface area contributed by atoms with E-state index in [4.69, 9.17) is 0 Å². The van der Waals surface area contributed by atoms with Gasteiger partial charge in [-0.3, -0.25) is 4.79 Å². The van der Waals surface area contributed by atoms with Crippen LogP contribution in [0.1, 0.15) is 55.9 Å². The Hall–Kier alpha value is -0.620. The van der Waals surface area contributed by atoms with E-state index in [1.165, 1.54) is 6.92 Å². The second-order valence-corrected chi connectivity index (χ2v) is 7.80. The Morgan fingerprint density at radius 1 is 0.944 bits per heavy atom. The monoisotopic (exact) mass is 282 g/mol. The van der Waals surface area contributed by atoms with Gasteiger partial charge >= 0.3 is 0 Å². The van der Waals surface area contributed by atoms with Gasteiger partial charge in [-0.15, -0.1) is 0 Å². The Morgan fingerprint density at radius 3 is 1.28 bits per heavy atom. The molecule has 2 N–H and O–H groups in total. The van der Waals surface area contributed by atoms with Crippen molar-refractivity contribution in [2.75, 3.05) is 6.26 Å². The molecule has 5 nitrogen and oxygen atoms in total. The van der Waals surface area contributed by atoms with Gasteiger partial charge in [-0.25, -0.2) is 13.1 Å². The topological polar surface area (TPSA) is 75.3 Å². The molecule has 1 amide bonds. The van der Waals surface area contributed by atoms with E-state index in [-0.39, 0.29) is 24.4 Å². The van der Waals surface area contributed by atoms with Crippen LogP contribution in [0.5, 0.6) is 0 Å². The molecule has 0 aliphatic rings. The van der Waals surface area contributed by atoms with Crippen molar-refractivity contribution in [1.29, 1.82) is 0 Å². The average Bonchev–Trinajstić information content (AvgIpc) is 1.68. The van der Waals surface area contributed by atoms with Crippen LogP contribution in [0.15, 0.2) is 0 Å². The number of nitrogens with one attached hydrogen (secondary N) is 2. The van der Waals surface area contributed by atoms with Gasteiger partial charge in [0, 0.05) is 18.0 Å². The molecule has 0 atom stereocenters. The van der Waals surface area contributed by atoms with Gasteiger partial charge in [-0.1, -0.05) is 7.43 Å². The highest BCUT2D eigenvalue weighted by molar-refractivity contribution is 7.88. The molecule has 6 heteroatoms. The first-order valence-corrected chi connectivity index (χ1v) is 7.29. The molecular formula is C12H30N2O3S. The van der Waals surface area contributed by atoms with Crippen LogP contribution in [0.4, 0.5) is 0 Å². The van der Waals surface area contributed by atoms with Crippen LogP contribution >= 0.6 is 0 Å². The minimum atomic E-state index is -3.03. The molecule has 0 saturated heterocycles. The van der Waals surface area contributed by atoms with E-state index in [1.54, 1.807) is 20.8 Å². The van der Waals surface area contributed by atoms with Gasteiger partial charge in [-0.05, 0) is 41.5 Å². The molecule has 0 heterocycles. The summed E-state index contributed by atoms with van der Waals surface area (Å²) >= 11 is 0. The van der Waals surface area contributed by atoms with Crippen molar-refractivity contribution in [3.63, 3.8) is 0 Å².